The van der Waals surface area contributed by atoms with Crippen LogP contribution in [0.1, 0.15) is 68.7 Å². The molecule has 0 radical (unpaired) electrons. The number of ether oxygens (including phenoxy) is 1. The van der Waals surface area contributed by atoms with Gasteiger partial charge in [0.1, 0.15) is 14.2 Å². The summed E-state index contributed by atoms with van der Waals surface area (Å²) in [6, 6.07) is 3.16. The first-order valence-corrected chi connectivity index (χ1v) is 18.1. The summed E-state index contributed by atoms with van der Waals surface area (Å²) in [6.07, 6.45) is 4.74. The number of hydrogen-bond donors (Lipinski definition) is 1. The van der Waals surface area contributed by atoms with Crippen LogP contribution in [0.5, 0.6) is 0 Å². The average Bonchev–Trinajstić information content (AvgIpc) is 2.75. The van der Waals surface area contributed by atoms with Crippen molar-refractivity contribution in [2.45, 2.75) is 117 Å². The quantitative estimate of drug-likeness (QED) is 0.106. The zero-order valence-corrected chi connectivity index (χ0v) is 25.2. The molecule has 3 atom stereocenters. The molecule has 0 aromatic rings. The molecule has 1 N–H and O–H groups in total. The second kappa shape index (κ2) is 14.3. The van der Waals surface area contributed by atoms with Crippen LogP contribution in [0.25, 0.3) is 0 Å². The molecule has 0 spiro atoms. The minimum absolute atomic E-state index is 0.114. The van der Waals surface area contributed by atoms with E-state index in [2.05, 4.69) is 66.1 Å². The minimum atomic E-state index is -1.89. The summed E-state index contributed by atoms with van der Waals surface area (Å²) in [7, 11) is -3.68. The summed E-state index contributed by atoms with van der Waals surface area (Å²) in [5, 5.41) is 11.2. The molecule has 0 aliphatic rings. The molecule has 0 heterocycles. The van der Waals surface area contributed by atoms with Gasteiger partial charge in [-0.15, -0.1) is 5.54 Å². The first kappa shape index (κ1) is 31.9. The van der Waals surface area contributed by atoms with Crippen LogP contribution in [0.3, 0.4) is 0 Å². The van der Waals surface area contributed by atoms with E-state index in [1.54, 1.807) is 13.0 Å². The summed E-state index contributed by atoms with van der Waals surface area (Å²) in [4.78, 5) is 11.5. The molecule has 6 heteroatoms. The number of carbonyl (C=O) groups is 1. The summed E-state index contributed by atoms with van der Waals surface area (Å²) in [5.41, 5.74) is 4.55. The van der Waals surface area contributed by atoms with Crippen molar-refractivity contribution in [2.75, 3.05) is 6.61 Å². The second-order valence-electron chi connectivity index (χ2n) is 10.6. The lowest BCUT2D eigenvalue weighted by atomic mass is 9.95. The van der Waals surface area contributed by atoms with E-state index in [-0.39, 0.29) is 23.0 Å². The van der Waals surface area contributed by atoms with E-state index >= 15 is 0 Å². The molecule has 0 fully saturated rings. The van der Waals surface area contributed by atoms with Gasteiger partial charge in [0, 0.05) is 12.0 Å². The van der Waals surface area contributed by atoms with E-state index in [1.165, 1.54) is 6.08 Å². The minimum Gasteiger partial charge on any atom is -0.463 e. The molecule has 0 aromatic carbocycles. The fraction of sp³-hybridized carbons (Fsp3) is 0.741. The lowest BCUT2D eigenvalue weighted by molar-refractivity contribution is -0.137. The largest absolute Gasteiger partial charge is 0.463 e. The predicted octanol–water partition coefficient (Wildman–Crippen LogP) is 6.88. The van der Waals surface area contributed by atoms with Crippen molar-refractivity contribution < 1.29 is 19.1 Å². The molecular formula is C27H50O4Si2. The normalized spacial score (nSPS) is 16.2. The molecular weight excluding hydrogens is 444 g/mol. The van der Waals surface area contributed by atoms with Crippen LogP contribution in [0.15, 0.2) is 23.8 Å². The number of hydrogen-bond acceptors (Lipinski definition) is 4. The molecule has 0 saturated carbocycles. The molecule has 0 aromatic heterocycles. The average molecular weight is 495 g/mol. The maximum Gasteiger partial charge on any atom is 0.330 e. The highest BCUT2D eigenvalue weighted by molar-refractivity contribution is 6.87. The fourth-order valence-electron chi connectivity index (χ4n) is 3.16. The molecule has 0 aliphatic heterocycles. The summed E-state index contributed by atoms with van der Waals surface area (Å²) in [6.45, 7) is 24.2. The van der Waals surface area contributed by atoms with Crippen molar-refractivity contribution in [1.29, 1.82) is 0 Å². The van der Waals surface area contributed by atoms with Gasteiger partial charge in [-0.3, -0.25) is 0 Å². The van der Waals surface area contributed by atoms with Crippen molar-refractivity contribution in [2.24, 2.45) is 5.92 Å². The molecule has 0 bridgehead atoms. The van der Waals surface area contributed by atoms with Gasteiger partial charge in [-0.05, 0) is 43.4 Å². The number of esters is 1. The summed E-state index contributed by atoms with van der Waals surface area (Å²) >= 11 is 0. The first-order valence-electron chi connectivity index (χ1n) is 12.6. The molecule has 0 saturated heterocycles. The third-order valence-corrected chi connectivity index (χ3v) is 16.4. The molecule has 4 nitrogen and oxygen atoms in total. The van der Waals surface area contributed by atoms with Gasteiger partial charge in [-0.2, -0.15) is 0 Å². The Morgan fingerprint density at radius 3 is 2.06 bits per heavy atom. The molecule has 0 amide bonds. The highest BCUT2D eigenvalue weighted by Gasteiger charge is 2.37. The van der Waals surface area contributed by atoms with Crippen molar-refractivity contribution in [1.82, 2.24) is 0 Å². The molecule has 0 rings (SSSR count). The lowest BCUT2D eigenvalue weighted by Crippen LogP contribution is -2.44. The predicted molar refractivity (Wildman–Crippen MR) is 146 cm³/mol. The van der Waals surface area contributed by atoms with Gasteiger partial charge in [0.25, 0.3) is 0 Å². The van der Waals surface area contributed by atoms with Gasteiger partial charge in [0.2, 0.25) is 0 Å². The number of aliphatic hydroxyl groups is 1. The highest BCUT2D eigenvalue weighted by Crippen LogP contribution is 2.35. The molecule has 190 valence electrons. The Labute approximate surface area is 206 Å². The SMILES string of the molecule is CCOC(=O)/C=C/C(C)=C/CC(O)[C@H](C)[C@H](C#C[Si](C)(C)C(C)(C)C)O[Si](CC)(CC)CC. The maximum absolute atomic E-state index is 11.5. The van der Waals surface area contributed by atoms with Crippen LogP contribution in [-0.2, 0) is 14.0 Å². The van der Waals surface area contributed by atoms with Gasteiger partial charge in [0.15, 0.2) is 8.32 Å². The Hall–Kier alpha value is -1.14. The Morgan fingerprint density at radius 2 is 1.61 bits per heavy atom. The van der Waals surface area contributed by atoms with E-state index in [9.17, 15) is 9.90 Å². The monoisotopic (exact) mass is 494 g/mol. The number of aliphatic hydroxyl groups excluding tert-OH is 1. The fourth-order valence-corrected chi connectivity index (χ4v) is 6.85. The van der Waals surface area contributed by atoms with Crippen LogP contribution in [0.2, 0.25) is 36.3 Å². The van der Waals surface area contributed by atoms with Crippen molar-refractivity contribution in [3.8, 4) is 11.5 Å². The maximum atomic E-state index is 11.5. The standard InChI is InChI=1S/C27H50O4Si2/c1-12-30-26(29)19-17-22(5)16-18-24(28)23(6)25(31-33(13-2,14-3)15-4)20-21-32(10,11)27(7,8)9/h16-17,19,23-25,28H,12-15,18H2,1-11H3/b19-17+,22-16+/t23-,24?,25-/m0/s1. The van der Waals surface area contributed by atoms with Crippen molar-refractivity contribution in [3.05, 3.63) is 23.8 Å². The zero-order chi connectivity index (χ0) is 25.9. The van der Waals surface area contributed by atoms with E-state index < -0.39 is 22.5 Å². The number of allylic oxidation sites excluding steroid dienone is 2. The van der Waals surface area contributed by atoms with Crippen molar-refractivity contribution in [3.63, 3.8) is 0 Å². The van der Waals surface area contributed by atoms with Crippen LogP contribution < -0.4 is 0 Å². The summed E-state index contributed by atoms with van der Waals surface area (Å²) in [5.74, 6) is 3.05. The topological polar surface area (TPSA) is 55.8 Å². The van der Waals surface area contributed by atoms with E-state index in [1.807, 2.05) is 19.9 Å². The Morgan fingerprint density at radius 1 is 1.06 bits per heavy atom. The molecule has 33 heavy (non-hydrogen) atoms. The summed E-state index contributed by atoms with van der Waals surface area (Å²) < 4.78 is 11.7. The van der Waals surface area contributed by atoms with Gasteiger partial charge in [0.05, 0.1) is 12.7 Å². The lowest BCUT2D eigenvalue weighted by Gasteiger charge is -2.36. The third kappa shape index (κ3) is 10.8. The van der Waals surface area contributed by atoms with Gasteiger partial charge >= 0.3 is 5.97 Å². The van der Waals surface area contributed by atoms with Crippen LogP contribution in [-0.4, -0.2) is 46.3 Å². The van der Waals surface area contributed by atoms with Gasteiger partial charge in [-0.1, -0.05) is 85.2 Å². The van der Waals surface area contributed by atoms with E-state index in [0.29, 0.717) is 13.0 Å². The second-order valence-corrected chi connectivity index (χ2v) is 20.3. The van der Waals surface area contributed by atoms with Crippen LogP contribution >= 0.6 is 0 Å². The molecule has 0 aliphatic carbocycles. The van der Waals surface area contributed by atoms with Crippen molar-refractivity contribution >= 4 is 22.4 Å². The third-order valence-electron chi connectivity index (χ3n) is 7.25. The van der Waals surface area contributed by atoms with Crippen LogP contribution in [0.4, 0.5) is 0 Å². The van der Waals surface area contributed by atoms with E-state index in [0.717, 1.165) is 23.7 Å². The van der Waals surface area contributed by atoms with E-state index in [4.69, 9.17) is 9.16 Å². The first-order chi connectivity index (χ1) is 15.2. The Kier molecular flexibility index (Phi) is 13.8. The van der Waals surface area contributed by atoms with Gasteiger partial charge < -0.3 is 14.3 Å². The number of rotatable bonds is 12. The Balaban J connectivity index is 5.75. The smallest absolute Gasteiger partial charge is 0.330 e. The van der Waals surface area contributed by atoms with Gasteiger partial charge in [-0.25, -0.2) is 4.79 Å². The number of carbonyl (C=O) groups excluding carboxylic acids is 1. The molecule has 1 unspecified atom stereocenters. The zero-order valence-electron chi connectivity index (χ0n) is 23.2. The highest BCUT2D eigenvalue weighted by atomic mass is 28.4. The van der Waals surface area contributed by atoms with Crippen LogP contribution in [0, 0.1) is 17.4 Å². The Bertz CT molecular complexity index is 710.